The Morgan fingerprint density at radius 2 is 2.00 bits per heavy atom. The van der Waals surface area contributed by atoms with E-state index in [4.69, 9.17) is 0 Å². The first-order chi connectivity index (χ1) is 6.16. The second kappa shape index (κ2) is 5.04. The van der Waals surface area contributed by atoms with Crippen LogP contribution in [0, 0.1) is 17.4 Å². The summed E-state index contributed by atoms with van der Waals surface area (Å²) < 4.78 is 1.42. The number of rotatable bonds is 3. The second-order valence-electron chi connectivity index (χ2n) is 3.43. The van der Waals surface area contributed by atoms with Crippen molar-refractivity contribution in [2.24, 2.45) is 0 Å². The van der Waals surface area contributed by atoms with Crippen molar-refractivity contribution in [3.05, 3.63) is 32.4 Å². The van der Waals surface area contributed by atoms with Crippen molar-refractivity contribution >= 4 is 29.9 Å². The Morgan fingerprint density at radius 3 is 2.62 bits per heavy atom. The first-order valence-electron chi connectivity index (χ1n) is 4.69. The summed E-state index contributed by atoms with van der Waals surface area (Å²) in [6.45, 7) is 6.51. The van der Waals surface area contributed by atoms with E-state index in [9.17, 15) is 0 Å². The van der Waals surface area contributed by atoms with Gasteiger partial charge in [-0.3, -0.25) is 0 Å². The molecule has 0 spiro atoms. The average molecular weight is 285 g/mol. The molecule has 1 rings (SSSR count). The highest BCUT2D eigenvalue weighted by Crippen LogP contribution is 2.21. The molecule has 1 radical (unpaired) electrons. The molecule has 0 aromatic heterocycles. The summed E-state index contributed by atoms with van der Waals surface area (Å²) in [4.78, 5) is 0. The normalized spacial score (nSPS) is 10.2. The summed E-state index contributed by atoms with van der Waals surface area (Å²) in [5.74, 6) is 0. The Hall–Kier alpha value is 0.0149. The van der Waals surface area contributed by atoms with E-state index >= 15 is 0 Å². The van der Waals surface area contributed by atoms with Gasteiger partial charge >= 0.3 is 0 Å². The van der Waals surface area contributed by atoms with E-state index in [1.807, 2.05) is 0 Å². The van der Waals surface area contributed by atoms with Gasteiger partial charge in [0.1, 0.15) is 7.28 Å². The van der Waals surface area contributed by atoms with Gasteiger partial charge in [-0.25, -0.2) is 0 Å². The second-order valence-corrected chi connectivity index (χ2v) is 4.51. The molecule has 0 heterocycles. The molecule has 0 N–H and O–H groups in total. The third kappa shape index (κ3) is 2.73. The predicted octanol–water partition coefficient (Wildman–Crippen LogP) is 3.62. The molecule has 0 atom stereocenters. The van der Waals surface area contributed by atoms with Gasteiger partial charge in [-0.05, 0) is 59.5 Å². The molecule has 0 aliphatic heterocycles. The van der Waals surface area contributed by atoms with E-state index in [-0.39, 0.29) is 0 Å². The minimum atomic E-state index is 1.18. The van der Waals surface area contributed by atoms with Crippen LogP contribution >= 0.6 is 22.6 Å². The molecule has 1 aromatic carbocycles. The molecule has 0 saturated carbocycles. The average Bonchev–Trinajstić information content (AvgIpc) is 2.13. The number of hydrogen-bond donors (Lipinski definition) is 0. The Kier molecular flexibility index (Phi) is 4.30. The van der Waals surface area contributed by atoms with Crippen LogP contribution in [0.1, 0.15) is 16.7 Å². The SMILES string of the molecule is C[B]CCc1ccc(C)c(I)c1C. The van der Waals surface area contributed by atoms with Gasteiger partial charge in [-0.15, -0.1) is 0 Å². The lowest BCUT2D eigenvalue weighted by atomic mass is 9.75. The first-order valence-corrected chi connectivity index (χ1v) is 5.77. The maximum Gasteiger partial charge on any atom is 0.106 e. The van der Waals surface area contributed by atoms with Crippen molar-refractivity contribution in [2.75, 3.05) is 0 Å². The lowest BCUT2D eigenvalue weighted by molar-refractivity contribution is 1.08. The van der Waals surface area contributed by atoms with Crippen molar-refractivity contribution in [1.29, 1.82) is 0 Å². The molecule has 13 heavy (non-hydrogen) atoms. The van der Waals surface area contributed by atoms with Crippen LogP contribution in [-0.2, 0) is 6.42 Å². The number of aryl methyl sites for hydroxylation is 2. The Labute approximate surface area is 95.5 Å². The maximum atomic E-state index is 2.44. The van der Waals surface area contributed by atoms with Crippen LogP contribution in [0.3, 0.4) is 0 Å². The zero-order valence-corrected chi connectivity index (χ0v) is 10.7. The molecule has 0 aliphatic rings. The zero-order valence-electron chi connectivity index (χ0n) is 8.52. The van der Waals surface area contributed by atoms with Crippen LogP contribution < -0.4 is 0 Å². The van der Waals surface area contributed by atoms with E-state index in [0.717, 1.165) is 0 Å². The van der Waals surface area contributed by atoms with Crippen LogP contribution in [-0.4, -0.2) is 7.28 Å². The minimum Gasteiger partial charge on any atom is -0.0920 e. The molecule has 0 aliphatic carbocycles. The summed E-state index contributed by atoms with van der Waals surface area (Å²) >= 11 is 2.44. The van der Waals surface area contributed by atoms with E-state index in [1.165, 1.54) is 33.0 Å². The largest absolute Gasteiger partial charge is 0.106 e. The lowest BCUT2D eigenvalue weighted by Gasteiger charge is -2.09. The third-order valence-electron chi connectivity index (χ3n) is 2.39. The van der Waals surface area contributed by atoms with Gasteiger partial charge in [-0.2, -0.15) is 0 Å². The molecule has 69 valence electrons. The number of benzene rings is 1. The maximum absolute atomic E-state index is 2.44. The molecule has 0 unspecified atom stereocenters. The Balaban J connectivity index is 2.90. The van der Waals surface area contributed by atoms with Gasteiger partial charge in [0.15, 0.2) is 0 Å². The van der Waals surface area contributed by atoms with Gasteiger partial charge in [-0.1, -0.05) is 25.3 Å². The Bertz CT molecular complexity index is 294. The monoisotopic (exact) mass is 285 g/mol. The highest BCUT2D eigenvalue weighted by Gasteiger charge is 2.03. The highest BCUT2D eigenvalue weighted by atomic mass is 127. The summed E-state index contributed by atoms with van der Waals surface area (Å²) in [6, 6.07) is 4.48. The molecule has 0 amide bonds. The van der Waals surface area contributed by atoms with Gasteiger partial charge in [0.25, 0.3) is 0 Å². The van der Waals surface area contributed by atoms with E-state index < -0.39 is 0 Å². The summed E-state index contributed by atoms with van der Waals surface area (Å²) in [7, 11) is 2.23. The number of hydrogen-bond acceptors (Lipinski definition) is 0. The smallest absolute Gasteiger partial charge is 0.0920 e. The van der Waals surface area contributed by atoms with Gasteiger partial charge < -0.3 is 0 Å². The van der Waals surface area contributed by atoms with Gasteiger partial charge in [0.2, 0.25) is 0 Å². The quantitative estimate of drug-likeness (QED) is 0.587. The van der Waals surface area contributed by atoms with E-state index in [1.54, 1.807) is 0 Å². The molecular formula is C11H15BI. The number of halogens is 1. The molecule has 1 aromatic rings. The van der Waals surface area contributed by atoms with Crippen molar-refractivity contribution in [3.63, 3.8) is 0 Å². The summed E-state index contributed by atoms with van der Waals surface area (Å²) in [5.41, 5.74) is 4.35. The van der Waals surface area contributed by atoms with Crippen molar-refractivity contribution in [1.82, 2.24) is 0 Å². The molecule has 0 saturated heterocycles. The van der Waals surface area contributed by atoms with Crippen LogP contribution in [0.25, 0.3) is 0 Å². The van der Waals surface area contributed by atoms with Gasteiger partial charge in [0.05, 0.1) is 0 Å². The predicted molar refractivity (Wildman–Crippen MR) is 68.8 cm³/mol. The van der Waals surface area contributed by atoms with Crippen LogP contribution in [0.4, 0.5) is 0 Å². The van der Waals surface area contributed by atoms with Crippen molar-refractivity contribution in [3.8, 4) is 0 Å². The Morgan fingerprint density at radius 1 is 1.31 bits per heavy atom. The molecule has 0 bridgehead atoms. The first kappa shape index (κ1) is 11.1. The zero-order chi connectivity index (χ0) is 9.84. The minimum absolute atomic E-state index is 1.18. The molecule has 2 heteroatoms. The molecule has 0 fully saturated rings. The van der Waals surface area contributed by atoms with E-state index in [2.05, 4.69) is 62.7 Å². The van der Waals surface area contributed by atoms with Crippen LogP contribution in [0.15, 0.2) is 12.1 Å². The fraction of sp³-hybridized carbons (Fsp3) is 0.455. The summed E-state index contributed by atoms with van der Waals surface area (Å²) in [6.07, 6.45) is 2.36. The van der Waals surface area contributed by atoms with E-state index in [0.29, 0.717) is 0 Å². The third-order valence-corrected chi connectivity index (χ3v) is 4.05. The van der Waals surface area contributed by atoms with Crippen LogP contribution in [0.2, 0.25) is 13.1 Å². The van der Waals surface area contributed by atoms with Gasteiger partial charge in [0, 0.05) is 3.57 Å². The summed E-state index contributed by atoms with van der Waals surface area (Å²) in [5, 5.41) is 0. The van der Waals surface area contributed by atoms with Crippen molar-refractivity contribution < 1.29 is 0 Å². The fourth-order valence-corrected chi connectivity index (χ4v) is 1.96. The fourth-order valence-electron chi connectivity index (χ4n) is 1.43. The molecular weight excluding hydrogens is 270 g/mol. The highest BCUT2D eigenvalue weighted by molar-refractivity contribution is 14.1. The van der Waals surface area contributed by atoms with Crippen LogP contribution in [0.5, 0.6) is 0 Å². The topological polar surface area (TPSA) is 0 Å². The standard InChI is InChI=1S/C11H15BI/c1-8-4-5-10(6-7-12-3)9(2)11(8)13/h4-5H,6-7H2,1-3H3. The van der Waals surface area contributed by atoms with Crippen molar-refractivity contribution in [2.45, 2.75) is 33.4 Å². The molecule has 0 nitrogen and oxygen atoms in total. The lowest BCUT2D eigenvalue weighted by Crippen LogP contribution is -1.96.